The van der Waals surface area contributed by atoms with Gasteiger partial charge in [0.05, 0.1) is 6.67 Å². The van der Waals surface area contributed by atoms with Gasteiger partial charge in [-0.25, -0.2) is 0 Å². The summed E-state index contributed by atoms with van der Waals surface area (Å²) in [5, 5.41) is 7.49. The third-order valence-corrected chi connectivity index (χ3v) is 3.96. The summed E-state index contributed by atoms with van der Waals surface area (Å²) in [5.74, 6) is 0. The fourth-order valence-electron chi connectivity index (χ4n) is 2.00. The van der Waals surface area contributed by atoms with E-state index >= 15 is 0 Å². The Kier molecular flexibility index (Phi) is 5.35. The van der Waals surface area contributed by atoms with E-state index in [1.54, 1.807) is 0 Å². The minimum absolute atomic E-state index is 0.643. The van der Waals surface area contributed by atoms with Crippen LogP contribution in [-0.2, 0) is 0 Å². The van der Waals surface area contributed by atoms with Gasteiger partial charge < -0.3 is 10.6 Å². The van der Waals surface area contributed by atoms with Gasteiger partial charge in [0.2, 0.25) is 0 Å². The van der Waals surface area contributed by atoms with Crippen molar-refractivity contribution in [2.45, 2.75) is 24.0 Å². The summed E-state index contributed by atoms with van der Waals surface area (Å²) in [6.07, 6.45) is 0. The summed E-state index contributed by atoms with van der Waals surface area (Å²) in [5.41, 5.74) is 1.21. The SMILES string of the molecule is CC(C)Sc1ccc(NCN2CCNCC2)cc1. The van der Waals surface area contributed by atoms with Crippen molar-refractivity contribution in [3.63, 3.8) is 0 Å². The monoisotopic (exact) mass is 265 g/mol. The minimum Gasteiger partial charge on any atom is -0.372 e. The van der Waals surface area contributed by atoms with Crippen molar-refractivity contribution in [1.82, 2.24) is 10.2 Å². The van der Waals surface area contributed by atoms with Crippen LogP contribution in [0.1, 0.15) is 13.8 Å². The zero-order valence-electron chi connectivity index (χ0n) is 11.3. The highest BCUT2D eigenvalue weighted by Crippen LogP contribution is 2.24. The smallest absolute Gasteiger partial charge is 0.0679 e. The van der Waals surface area contributed by atoms with Gasteiger partial charge in [-0.2, -0.15) is 0 Å². The van der Waals surface area contributed by atoms with Crippen molar-refractivity contribution in [3.8, 4) is 0 Å². The highest BCUT2D eigenvalue weighted by atomic mass is 32.2. The first-order valence-corrected chi connectivity index (χ1v) is 7.55. The van der Waals surface area contributed by atoms with Crippen LogP contribution in [0.4, 0.5) is 5.69 Å². The molecule has 0 saturated carbocycles. The van der Waals surface area contributed by atoms with Crippen LogP contribution in [0, 0.1) is 0 Å². The summed E-state index contributed by atoms with van der Waals surface area (Å²) in [6, 6.07) is 8.75. The second-order valence-corrected chi connectivity index (χ2v) is 6.54. The predicted octanol–water partition coefficient (Wildman–Crippen LogP) is 2.46. The molecule has 1 saturated heterocycles. The summed E-state index contributed by atoms with van der Waals surface area (Å²) in [7, 11) is 0. The summed E-state index contributed by atoms with van der Waals surface area (Å²) in [6.45, 7) is 9.86. The van der Waals surface area contributed by atoms with Crippen molar-refractivity contribution in [2.24, 2.45) is 0 Å². The van der Waals surface area contributed by atoms with E-state index < -0.39 is 0 Å². The van der Waals surface area contributed by atoms with Gasteiger partial charge in [0.25, 0.3) is 0 Å². The zero-order chi connectivity index (χ0) is 12.8. The lowest BCUT2D eigenvalue weighted by molar-refractivity contribution is 0.256. The lowest BCUT2D eigenvalue weighted by Crippen LogP contribution is -2.45. The molecule has 1 aliphatic rings. The van der Waals surface area contributed by atoms with Crippen LogP contribution < -0.4 is 10.6 Å². The lowest BCUT2D eigenvalue weighted by atomic mass is 10.3. The summed E-state index contributed by atoms with van der Waals surface area (Å²) >= 11 is 1.91. The molecule has 1 aliphatic heterocycles. The van der Waals surface area contributed by atoms with Gasteiger partial charge in [0.1, 0.15) is 0 Å². The predicted molar refractivity (Wildman–Crippen MR) is 80.4 cm³/mol. The molecular formula is C14H23N3S. The Labute approximate surface area is 114 Å². The molecule has 0 amide bonds. The van der Waals surface area contributed by atoms with Crippen LogP contribution in [0.25, 0.3) is 0 Å². The quantitative estimate of drug-likeness (QED) is 0.800. The topological polar surface area (TPSA) is 27.3 Å². The number of nitrogens with zero attached hydrogens (tertiary/aromatic N) is 1. The molecule has 2 N–H and O–H groups in total. The third kappa shape index (κ3) is 4.52. The fourth-order valence-corrected chi connectivity index (χ4v) is 2.83. The van der Waals surface area contributed by atoms with Crippen LogP contribution >= 0.6 is 11.8 Å². The van der Waals surface area contributed by atoms with E-state index in [0.717, 1.165) is 32.8 Å². The Morgan fingerprint density at radius 2 is 1.89 bits per heavy atom. The van der Waals surface area contributed by atoms with E-state index in [9.17, 15) is 0 Å². The highest BCUT2D eigenvalue weighted by Gasteiger charge is 2.08. The molecule has 2 rings (SSSR count). The Hall–Kier alpha value is -0.710. The number of hydrogen-bond donors (Lipinski definition) is 2. The number of piperazine rings is 1. The maximum atomic E-state index is 3.48. The summed E-state index contributed by atoms with van der Waals surface area (Å²) in [4.78, 5) is 3.78. The van der Waals surface area contributed by atoms with Gasteiger partial charge in [0, 0.05) is 42.0 Å². The average Bonchev–Trinajstić information content (AvgIpc) is 2.38. The Bertz CT molecular complexity index is 345. The highest BCUT2D eigenvalue weighted by molar-refractivity contribution is 7.99. The molecule has 0 aromatic heterocycles. The van der Waals surface area contributed by atoms with E-state index in [-0.39, 0.29) is 0 Å². The molecule has 0 radical (unpaired) electrons. The van der Waals surface area contributed by atoms with Crippen molar-refractivity contribution >= 4 is 17.4 Å². The minimum atomic E-state index is 0.643. The first-order valence-electron chi connectivity index (χ1n) is 6.68. The molecule has 0 spiro atoms. The molecule has 3 nitrogen and oxygen atoms in total. The van der Waals surface area contributed by atoms with Gasteiger partial charge in [-0.15, -0.1) is 11.8 Å². The van der Waals surface area contributed by atoms with Crippen LogP contribution in [-0.4, -0.2) is 43.0 Å². The van der Waals surface area contributed by atoms with Gasteiger partial charge >= 0.3 is 0 Å². The number of thioether (sulfide) groups is 1. The van der Waals surface area contributed by atoms with E-state index in [1.165, 1.54) is 10.6 Å². The molecule has 100 valence electrons. The fraction of sp³-hybridized carbons (Fsp3) is 0.571. The largest absolute Gasteiger partial charge is 0.372 e. The molecule has 0 atom stereocenters. The Balaban J connectivity index is 1.78. The zero-order valence-corrected chi connectivity index (χ0v) is 12.1. The number of hydrogen-bond acceptors (Lipinski definition) is 4. The van der Waals surface area contributed by atoms with Crippen molar-refractivity contribution in [3.05, 3.63) is 24.3 Å². The normalized spacial score (nSPS) is 17.1. The number of benzene rings is 1. The van der Waals surface area contributed by atoms with E-state index in [2.05, 4.69) is 53.6 Å². The first-order chi connectivity index (χ1) is 8.74. The Morgan fingerprint density at radius 1 is 1.22 bits per heavy atom. The molecule has 1 fully saturated rings. The molecule has 4 heteroatoms. The van der Waals surface area contributed by atoms with Crippen LogP contribution in [0.15, 0.2) is 29.2 Å². The van der Waals surface area contributed by atoms with Crippen LogP contribution in [0.2, 0.25) is 0 Å². The summed E-state index contributed by atoms with van der Waals surface area (Å²) < 4.78 is 0. The number of anilines is 1. The molecule has 1 heterocycles. The third-order valence-electron chi connectivity index (χ3n) is 2.94. The molecule has 0 aliphatic carbocycles. The molecule has 0 unspecified atom stereocenters. The van der Waals surface area contributed by atoms with E-state index in [1.807, 2.05) is 11.8 Å². The van der Waals surface area contributed by atoms with Gasteiger partial charge in [-0.05, 0) is 24.3 Å². The average molecular weight is 265 g/mol. The lowest BCUT2D eigenvalue weighted by Gasteiger charge is -2.27. The standard InChI is InChI=1S/C14H23N3S/c1-12(2)18-14-5-3-13(4-6-14)16-11-17-9-7-15-8-10-17/h3-6,12,15-16H,7-11H2,1-2H3. The van der Waals surface area contributed by atoms with Crippen molar-refractivity contribution in [2.75, 3.05) is 38.2 Å². The second kappa shape index (κ2) is 7.02. The van der Waals surface area contributed by atoms with Crippen molar-refractivity contribution in [1.29, 1.82) is 0 Å². The Morgan fingerprint density at radius 3 is 2.50 bits per heavy atom. The van der Waals surface area contributed by atoms with Gasteiger partial charge in [0.15, 0.2) is 0 Å². The van der Waals surface area contributed by atoms with Crippen molar-refractivity contribution < 1.29 is 0 Å². The van der Waals surface area contributed by atoms with Crippen LogP contribution in [0.5, 0.6) is 0 Å². The number of rotatable bonds is 5. The number of nitrogens with one attached hydrogen (secondary N) is 2. The second-order valence-electron chi connectivity index (χ2n) is 4.89. The molecule has 1 aromatic carbocycles. The van der Waals surface area contributed by atoms with Gasteiger partial charge in [-0.3, -0.25) is 4.90 Å². The van der Waals surface area contributed by atoms with Crippen LogP contribution in [0.3, 0.4) is 0 Å². The molecule has 18 heavy (non-hydrogen) atoms. The molecular weight excluding hydrogens is 242 g/mol. The molecule has 0 bridgehead atoms. The van der Waals surface area contributed by atoms with Gasteiger partial charge in [-0.1, -0.05) is 13.8 Å². The molecule has 1 aromatic rings. The van der Waals surface area contributed by atoms with E-state index in [4.69, 9.17) is 0 Å². The van der Waals surface area contributed by atoms with E-state index in [0.29, 0.717) is 5.25 Å². The first kappa shape index (κ1) is 13.7. The maximum Gasteiger partial charge on any atom is 0.0679 e. The maximum absolute atomic E-state index is 3.48.